The van der Waals surface area contributed by atoms with Crippen molar-refractivity contribution in [3.8, 4) is 11.5 Å². The van der Waals surface area contributed by atoms with Crippen molar-refractivity contribution in [1.29, 1.82) is 0 Å². The van der Waals surface area contributed by atoms with Gasteiger partial charge in [0.1, 0.15) is 17.3 Å². The van der Waals surface area contributed by atoms with Gasteiger partial charge in [-0.1, -0.05) is 24.3 Å². The number of nitrogens with zero attached hydrogens (tertiary/aromatic N) is 1. The number of nitrogens with two attached hydrogens (primary N) is 1. The number of carbonyl (C=O) groups is 3. The van der Waals surface area contributed by atoms with E-state index in [9.17, 15) is 29.7 Å². The van der Waals surface area contributed by atoms with Gasteiger partial charge in [-0.15, -0.1) is 0 Å². The molecule has 6 rings (SSSR count). The van der Waals surface area contributed by atoms with Crippen LogP contribution in [0.2, 0.25) is 0 Å². The largest absolute Gasteiger partial charge is 0.507 e. The summed E-state index contributed by atoms with van der Waals surface area (Å²) < 4.78 is 17.9. The number of rotatable bonds is 4. The van der Waals surface area contributed by atoms with E-state index in [-0.39, 0.29) is 64.5 Å². The Kier molecular flexibility index (Phi) is 7.00. The van der Waals surface area contributed by atoms with Gasteiger partial charge < -0.3 is 35.3 Å². The van der Waals surface area contributed by atoms with Gasteiger partial charge in [0.2, 0.25) is 0 Å². The van der Waals surface area contributed by atoms with Crippen LogP contribution >= 0.6 is 0 Å². The van der Waals surface area contributed by atoms with E-state index in [1.54, 1.807) is 19.1 Å². The van der Waals surface area contributed by atoms with Crippen molar-refractivity contribution in [2.45, 2.75) is 69.3 Å². The maximum absolute atomic E-state index is 13.5. The zero-order valence-electron chi connectivity index (χ0n) is 23.0. The summed E-state index contributed by atoms with van der Waals surface area (Å²) in [5.74, 6) is -2.54. The molecule has 2 saturated heterocycles. The van der Waals surface area contributed by atoms with Crippen molar-refractivity contribution in [3.63, 3.8) is 0 Å². The van der Waals surface area contributed by atoms with E-state index in [1.165, 1.54) is 19.1 Å². The summed E-state index contributed by atoms with van der Waals surface area (Å²) in [6, 6.07) is 5.93. The first kappa shape index (κ1) is 28.0. The Bertz CT molecular complexity index is 1440. The lowest BCUT2D eigenvalue weighted by Gasteiger charge is -2.46. The minimum Gasteiger partial charge on any atom is -0.507 e. The molecule has 0 spiro atoms. The van der Waals surface area contributed by atoms with Crippen LogP contribution in [0.3, 0.4) is 0 Å². The number of phenolic OH excluding ortho intramolecular Hbond substituents is 2. The van der Waals surface area contributed by atoms with Gasteiger partial charge in [-0.2, -0.15) is 0 Å². The van der Waals surface area contributed by atoms with Gasteiger partial charge in [0.25, 0.3) is 0 Å². The number of benzene rings is 2. The summed E-state index contributed by atoms with van der Waals surface area (Å²) >= 11 is 0. The molecule has 0 amide bonds. The molecule has 2 aromatic rings. The molecule has 11 heteroatoms. The van der Waals surface area contributed by atoms with Crippen LogP contribution in [0.1, 0.15) is 75.8 Å². The van der Waals surface area contributed by atoms with Gasteiger partial charge in [-0.05, 0) is 13.8 Å². The van der Waals surface area contributed by atoms with Crippen molar-refractivity contribution in [3.05, 3.63) is 57.6 Å². The normalized spacial score (nSPS) is 31.8. The highest BCUT2D eigenvalue weighted by Gasteiger charge is 2.49. The van der Waals surface area contributed by atoms with Crippen molar-refractivity contribution in [2.75, 3.05) is 26.3 Å². The molecule has 2 fully saturated rings. The van der Waals surface area contributed by atoms with Crippen LogP contribution in [0.15, 0.2) is 24.3 Å². The van der Waals surface area contributed by atoms with Crippen molar-refractivity contribution in [1.82, 2.24) is 4.90 Å². The number of aliphatic hydroxyl groups is 1. The first-order chi connectivity index (χ1) is 19.5. The van der Waals surface area contributed by atoms with Gasteiger partial charge in [0.15, 0.2) is 17.9 Å². The summed E-state index contributed by atoms with van der Waals surface area (Å²) in [6.07, 6.45) is -3.20. The fourth-order valence-corrected chi connectivity index (χ4v) is 6.68. The molecule has 218 valence electrons. The van der Waals surface area contributed by atoms with Gasteiger partial charge in [-0.3, -0.25) is 19.3 Å². The van der Waals surface area contributed by atoms with Gasteiger partial charge in [0.05, 0.1) is 48.2 Å². The third kappa shape index (κ3) is 4.48. The Morgan fingerprint density at radius 3 is 2.29 bits per heavy atom. The number of fused-ring (bicyclic) bond motifs is 3. The molecule has 0 saturated carbocycles. The average molecular weight is 567 g/mol. The van der Waals surface area contributed by atoms with Crippen LogP contribution in [0.4, 0.5) is 0 Å². The fraction of sp³-hybridized carbons (Fsp3) is 0.500. The zero-order chi connectivity index (χ0) is 29.2. The number of ether oxygens (including phenoxy) is 3. The van der Waals surface area contributed by atoms with E-state index in [0.717, 1.165) is 0 Å². The van der Waals surface area contributed by atoms with Crippen LogP contribution in [-0.4, -0.2) is 94.0 Å². The molecular weight excluding hydrogens is 532 g/mol. The zero-order valence-corrected chi connectivity index (χ0v) is 23.0. The minimum atomic E-state index is -1.47. The first-order valence-corrected chi connectivity index (χ1v) is 13.9. The lowest BCUT2D eigenvalue weighted by Crippen LogP contribution is -2.58. The van der Waals surface area contributed by atoms with Crippen molar-refractivity contribution >= 4 is 17.3 Å². The first-order valence-electron chi connectivity index (χ1n) is 13.9. The van der Waals surface area contributed by atoms with E-state index < -0.39 is 53.2 Å². The molecule has 2 aliphatic carbocycles. The molecule has 5 N–H and O–H groups in total. The van der Waals surface area contributed by atoms with Crippen LogP contribution in [-0.2, 0) is 25.4 Å². The summed E-state index contributed by atoms with van der Waals surface area (Å²) in [4.78, 5) is 41.9. The Labute approximate surface area is 236 Å². The highest BCUT2D eigenvalue weighted by Crippen LogP contribution is 2.51. The second-order valence-electron chi connectivity index (χ2n) is 11.5. The number of morpholine rings is 1. The van der Waals surface area contributed by atoms with Crippen LogP contribution in [0, 0.1) is 0 Å². The Morgan fingerprint density at radius 1 is 1.07 bits per heavy atom. The van der Waals surface area contributed by atoms with Gasteiger partial charge in [-0.25, -0.2) is 0 Å². The highest BCUT2D eigenvalue weighted by atomic mass is 16.7. The van der Waals surface area contributed by atoms with E-state index in [4.69, 9.17) is 19.9 Å². The molecule has 4 aliphatic rings. The second kappa shape index (κ2) is 10.3. The molecule has 41 heavy (non-hydrogen) atoms. The number of hydrogen-bond acceptors (Lipinski definition) is 11. The number of aromatic hydroxyl groups is 2. The molecule has 11 nitrogen and oxygen atoms in total. The number of phenols is 2. The third-order valence-electron chi connectivity index (χ3n) is 9.03. The minimum absolute atomic E-state index is 0.0567. The number of hydrogen-bond donors (Lipinski definition) is 4. The van der Waals surface area contributed by atoms with Crippen molar-refractivity contribution in [2.24, 2.45) is 5.73 Å². The molecule has 0 aromatic heterocycles. The predicted octanol–water partition coefficient (Wildman–Crippen LogP) is 1.36. The van der Waals surface area contributed by atoms with E-state index in [1.807, 2.05) is 0 Å². The number of ketones is 3. The molecular formula is C30H34N2O9. The molecule has 2 unspecified atom stereocenters. The maximum Gasteiger partial charge on any atom is 0.198 e. The molecule has 2 heterocycles. The molecule has 6 atom stereocenters. The SMILES string of the molecule is CC(=O)C1(N)Cc2c(O)c3c(c(O)c2C(O[C@H]2C[C@H](N4CCOCC4)[C@@H](O)[C@@H](C)O2)C1)C(=O)c1ccccc1C3=O. The summed E-state index contributed by atoms with van der Waals surface area (Å²) in [5.41, 5.74) is 4.91. The Morgan fingerprint density at radius 2 is 1.68 bits per heavy atom. The number of Topliss-reactive ketones (excluding diaryl/α,β-unsaturated/α-hetero) is 1. The molecule has 2 aromatic carbocycles. The van der Waals surface area contributed by atoms with Crippen molar-refractivity contribution < 1.29 is 43.9 Å². The van der Waals surface area contributed by atoms with E-state index in [0.29, 0.717) is 26.3 Å². The summed E-state index contributed by atoms with van der Waals surface area (Å²) in [6.45, 7) is 5.45. The Hall–Kier alpha value is -3.19. The molecule has 0 radical (unpaired) electrons. The summed E-state index contributed by atoms with van der Waals surface area (Å²) in [7, 11) is 0. The lowest BCUT2D eigenvalue weighted by molar-refractivity contribution is -0.257. The number of aliphatic hydroxyl groups excluding tert-OH is 1. The Balaban J connectivity index is 1.42. The lowest BCUT2D eigenvalue weighted by atomic mass is 9.71. The monoisotopic (exact) mass is 566 g/mol. The standard InChI is InChI=1S/C30H34N2O9/c1-14-25(34)19(32-7-9-39-10-8-32)11-21(40-14)41-20-13-30(31,15(2)33)12-18-22(20)29(38)24-23(28(18)37)26(35)16-5-3-4-6-17(16)27(24)36/h3-6,14,19-21,25,34,37-38H,7-13,31H2,1-2H3/t14-,19+,20?,21+,25+,30?/m1/s1. The fourth-order valence-electron chi connectivity index (χ4n) is 6.68. The highest BCUT2D eigenvalue weighted by molar-refractivity contribution is 6.30. The molecule has 2 aliphatic heterocycles. The van der Waals surface area contributed by atoms with E-state index in [2.05, 4.69) is 4.90 Å². The van der Waals surface area contributed by atoms with Gasteiger partial charge >= 0.3 is 0 Å². The topological polar surface area (TPSA) is 169 Å². The number of carbonyl (C=O) groups excluding carboxylic acids is 3. The maximum atomic E-state index is 13.5. The van der Waals surface area contributed by atoms with Crippen LogP contribution < -0.4 is 5.73 Å². The second-order valence-corrected chi connectivity index (χ2v) is 11.5. The smallest absolute Gasteiger partial charge is 0.198 e. The van der Waals surface area contributed by atoms with Crippen LogP contribution in [0.5, 0.6) is 11.5 Å². The third-order valence-corrected chi connectivity index (χ3v) is 9.03. The van der Waals surface area contributed by atoms with Gasteiger partial charge in [0, 0.05) is 60.6 Å². The molecule has 0 bridgehead atoms. The average Bonchev–Trinajstić information content (AvgIpc) is 2.95. The predicted molar refractivity (Wildman–Crippen MR) is 144 cm³/mol. The quantitative estimate of drug-likeness (QED) is 0.337. The van der Waals surface area contributed by atoms with Crippen LogP contribution in [0.25, 0.3) is 0 Å². The summed E-state index contributed by atoms with van der Waals surface area (Å²) in [5, 5.41) is 33.9. The van der Waals surface area contributed by atoms with E-state index >= 15 is 0 Å².